The van der Waals surface area contributed by atoms with Gasteiger partial charge in [0.2, 0.25) is 5.91 Å². The van der Waals surface area contributed by atoms with Crippen molar-refractivity contribution >= 4 is 23.6 Å². The molecule has 1 rings (SSSR count). The van der Waals surface area contributed by atoms with E-state index in [0.29, 0.717) is 18.1 Å². The zero-order valence-electron chi connectivity index (χ0n) is 11.6. The Labute approximate surface area is 122 Å². The third-order valence-corrected chi connectivity index (χ3v) is 3.56. The number of carboxylic acid groups (broad SMARTS) is 1. The van der Waals surface area contributed by atoms with E-state index in [0.717, 1.165) is 11.3 Å². The van der Waals surface area contributed by atoms with Gasteiger partial charge in [0, 0.05) is 18.4 Å². The molecule has 1 unspecified atom stereocenters. The summed E-state index contributed by atoms with van der Waals surface area (Å²) in [5.74, 6) is 0.468. The highest BCUT2D eigenvalue weighted by atomic mass is 32.2. The molecule has 1 aromatic rings. The van der Waals surface area contributed by atoms with E-state index in [1.54, 1.807) is 0 Å². The number of hydrogen-bond donors (Lipinski definition) is 2. The number of hydrogen-bond acceptors (Lipinski definition) is 4. The van der Waals surface area contributed by atoms with Crippen LogP contribution >= 0.6 is 11.8 Å². The lowest BCUT2D eigenvalue weighted by Crippen LogP contribution is -2.41. The Hall–Kier alpha value is -1.69. The SMILES string of the molecule is CC(=O)NC(CSCCOc1ccccc1C)C(=O)O. The van der Waals surface area contributed by atoms with Crippen LogP contribution in [-0.2, 0) is 9.59 Å². The predicted octanol–water partition coefficient (Wildman–Crippen LogP) is 1.70. The van der Waals surface area contributed by atoms with Crippen LogP contribution in [0.4, 0.5) is 0 Å². The van der Waals surface area contributed by atoms with Crippen molar-refractivity contribution in [2.24, 2.45) is 0 Å². The second-order valence-electron chi connectivity index (χ2n) is 4.28. The minimum Gasteiger partial charge on any atom is -0.492 e. The van der Waals surface area contributed by atoms with Crippen LogP contribution in [0.3, 0.4) is 0 Å². The van der Waals surface area contributed by atoms with Gasteiger partial charge in [-0.25, -0.2) is 4.79 Å². The van der Waals surface area contributed by atoms with Crippen LogP contribution in [0.25, 0.3) is 0 Å². The van der Waals surface area contributed by atoms with Gasteiger partial charge in [-0.1, -0.05) is 18.2 Å². The molecule has 110 valence electrons. The lowest BCUT2D eigenvalue weighted by molar-refractivity contribution is -0.140. The second-order valence-corrected chi connectivity index (χ2v) is 5.43. The molecule has 0 aliphatic heterocycles. The Morgan fingerprint density at radius 1 is 1.40 bits per heavy atom. The van der Waals surface area contributed by atoms with Crippen LogP contribution in [0, 0.1) is 6.92 Å². The van der Waals surface area contributed by atoms with Gasteiger partial charge < -0.3 is 15.2 Å². The molecule has 6 heteroatoms. The summed E-state index contributed by atoms with van der Waals surface area (Å²) in [6.07, 6.45) is 0. The van der Waals surface area contributed by atoms with Crippen molar-refractivity contribution in [3.8, 4) is 5.75 Å². The molecule has 0 radical (unpaired) electrons. The van der Waals surface area contributed by atoms with E-state index in [-0.39, 0.29) is 5.91 Å². The van der Waals surface area contributed by atoms with Gasteiger partial charge in [-0.05, 0) is 18.6 Å². The van der Waals surface area contributed by atoms with E-state index in [1.807, 2.05) is 31.2 Å². The standard InChI is InChI=1S/C14H19NO4S/c1-10-5-3-4-6-13(10)19-7-8-20-9-12(14(17)18)15-11(2)16/h3-6,12H,7-9H2,1-2H3,(H,15,16)(H,17,18). The molecule has 0 bridgehead atoms. The van der Waals surface area contributed by atoms with Gasteiger partial charge in [0.15, 0.2) is 0 Å². The van der Waals surface area contributed by atoms with Gasteiger partial charge in [0.1, 0.15) is 11.8 Å². The summed E-state index contributed by atoms with van der Waals surface area (Å²) in [6, 6.07) is 6.88. The average Bonchev–Trinajstić information content (AvgIpc) is 2.38. The molecule has 1 amide bonds. The average molecular weight is 297 g/mol. The topological polar surface area (TPSA) is 75.6 Å². The van der Waals surface area contributed by atoms with E-state index < -0.39 is 12.0 Å². The molecule has 0 fully saturated rings. The maximum Gasteiger partial charge on any atom is 0.327 e. The Morgan fingerprint density at radius 2 is 2.10 bits per heavy atom. The van der Waals surface area contributed by atoms with Crippen LogP contribution in [-0.4, -0.2) is 41.1 Å². The lowest BCUT2D eigenvalue weighted by Gasteiger charge is -2.13. The number of nitrogens with one attached hydrogen (secondary N) is 1. The number of carboxylic acids is 1. The van der Waals surface area contributed by atoms with Crippen molar-refractivity contribution in [2.75, 3.05) is 18.1 Å². The van der Waals surface area contributed by atoms with Crippen molar-refractivity contribution in [1.82, 2.24) is 5.32 Å². The first-order chi connectivity index (χ1) is 9.50. The Bertz CT molecular complexity index is 464. The van der Waals surface area contributed by atoms with Gasteiger partial charge >= 0.3 is 5.97 Å². The first-order valence-electron chi connectivity index (χ1n) is 6.26. The lowest BCUT2D eigenvalue weighted by atomic mass is 10.2. The predicted molar refractivity (Wildman–Crippen MR) is 79.2 cm³/mol. The monoisotopic (exact) mass is 297 g/mol. The largest absolute Gasteiger partial charge is 0.492 e. The number of benzene rings is 1. The second kappa shape index (κ2) is 8.47. The molecule has 0 spiro atoms. The van der Waals surface area contributed by atoms with E-state index in [4.69, 9.17) is 9.84 Å². The third kappa shape index (κ3) is 5.97. The number of thioether (sulfide) groups is 1. The third-order valence-electron chi connectivity index (χ3n) is 2.54. The first-order valence-corrected chi connectivity index (χ1v) is 7.42. The van der Waals surface area contributed by atoms with Gasteiger partial charge in [-0.15, -0.1) is 0 Å². The Morgan fingerprint density at radius 3 is 2.70 bits per heavy atom. The smallest absolute Gasteiger partial charge is 0.327 e. The quantitative estimate of drug-likeness (QED) is 0.714. The zero-order valence-corrected chi connectivity index (χ0v) is 12.4. The number of amides is 1. The van der Waals surface area contributed by atoms with E-state index in [9.17, 15) is 9.59 Å². The molecule has 0 aromatic heterocycles. The molecule has 0 aliphatic carbocycles. The maximum absolute atomic E-state index is 10.9. The highest BCUT2D eigenvalue weighted by Crippen LogP contribution is 2.16. The number of para-hydroxylation sites is 1. The summed E-state index contributed by atoms with van der Waals surface area (Å²) in [6.45, 7) is 3.78. The van der Waals surface area contributed by atoms with Crippen LogP contribution < -0.4 is 10.1 Å². The fourth-order valence-electron chi connectivity index (χ4n) is 1.55. The molecule has 0 aliphatic rings. The molecule has 0 saturated carbocycles. The summed E-state index contributed by atoms with van der Waals surface area (Å²) in [4.78, 5) is 21.8. The van der Waals surface area contributed by atoms with Gasteiger partial charge in [0.25, 0.3) is 0 Å². The van der Waals surface area contributed by atoms with E-state index in [2.05, 4.69) is 5.32 Å². The molecule has 1 aromatic carbocycles. The molecule has 0 saturated heterocycles. The number of rotatable bonds is 8. The van der Waals surface area contributed by atoms with Crippen LogP contribution in [0.5, 0.6) is 5.75 Å². The van der Waals surface area contributed by atoms with Crippen molar-refractivity contribution in [3.63, 3.8) is 0 Å². The van der Waals surface area contributed by atoms with Crippen LogP contribution in [0.15, 0.2) is 24.3 Å². The molecule has 2 N–H and O–H groups in total. The van der Waals surface area contributed by atoms with Gasteiger partial charge in [-0.3, -0.25) is 4.79 Å². The summed E-state index contributed by atoms with van der Waals surface area (Å²) in [5.41, 5.74) is 1.07. The summed E-state index contributed by atoms with van der Waals surface area (Å²) < 4.78 is 5.60. The minimum absolute atomic E-state index is 0.325. The van der Waals surface area contributed by atoms with Crippen molar-refractivity contribution in [2.45, 2.75) is 19.9 Å². The number of ether oxygens (including phenoxy) is 1. The van der Waals surface area contributed by atoms with E-state index >= 15 is 0 Å². The summed E-state index contributed by atoms with van der Waals surface area (Å²) >= 11 is 1.44. The van der Waals surface area contributed by atoms with Crippen LogP contribution in [0.1, 0.15) is 12.5 Å². The fraction of sp³-hybridized carbons (Fsp3) is 0.429. The number of carbonyl (C=O) groups excluding carboxylic acids is 1. The zero-order chi connectivity index (χ0) is 15.0. The first kappa shape index (κ1) is 16.4. The highest BCUT2D eigenvalue weighted by Gasteiger charge is 2.17. The van der Waals surface area contributed by atoms with E-state index in [1.165, 1.54) is 18.7 Å². The Balaban J connectivity index is 2.25. The van der Waals surface area contributed by atoms with Crippen molar-refractivity contribution in [3.05, 3.63) is 29.8 Å². The van der Waals surface area contributed by atoms with Crippen LogP contribution in [0.2, 0.25) is 0 Å². The van der Waals surface area contributed by atoms with Crippen molar-refractivity contribution in [1.29, 1.82) is 0 Å². The Kier molecular flexibility index (Phi) is 6.93. The summed E-state index contributed by atoms with van der Waals surface area (Å²) in [7, 11) is 0. The van der Waals surface area contributed by atoms with Gasteiger partial charge in [-0.2, -0.15) is 11.8 Å². The fourth-order valence-corrected chi connectivity index (χ4v) is 2.38. The number of aryl methyl sites for hydroxylation is 1. The molecule has 20 heavy (non-hydrogen) atoms. The van der Waals surface area contributed by atoms with Gasteiger partial charge in [0.05, 0.1) is 6.61 Å². The number of aliphatic carboxylic acids is 1. The molecule has 0 heterocycles. The highest BCUT2D eigenvalue weighted by molar-refractivity contribution is 7.99. The number of carbonyl (C=O) groups is 2. The molecular formula is C14H19NO4S. The summed E-state index contributed by atoms with van der Waals surface area (Å²) in [5, 5.41) is 11.3. The molecule has 1 atom stereocenters. The molecular weight excluding hydrogens is 278 g/mol. The minimum atomic E-state index is -1.02. The van der Waals surface area contributed by atoms with Crippen molar-refractivity contribution < 1.29 is 19.4 Å². The maximum atomic E-state index is 10.9. The molecule has 5 nitrogen and oxygen atoms in total. The normalized spacial score (nSPS) is 11.7.